The third kappa shape index (κ3) is 4.73. The molecule has 1 heterocycles. The molecule has 0 unspecified atom stereocenters. The highest BCUT2D eigenvalue weighted by molar-refractivity contribution is 7.18. The van der Waals surface area contributed by atoms with Gasteiger partial charge in [-0.1, -0.05) is 47.5 Å². The molecule has 2 N–H and O–H groups in total. The zero-order valence-electron chi connectivity index (χ0n) is 13.6. The number of carbonyl (C=O) groups excluding carboxylic acids is 1. The van der Waals surface area contributed by atoms with Crippen LogP contribution in [0.2, 0.25) is 10.0 Å². The Hall–Kier alpha value is -2.68. The number of para-hydroxylation sites is 2. The number of halogens is 2. The molecule has 2 aromatic carbocycles. The minimum atomic E-state index is -0.556. The Balaban J connectivity index is 1.75. The number of benzene rings is 2. The van der Waals surface area contributed by atoms with Crippen LogP contribution >= 0.6 is 34.5 Å². The number of thiazole rings is 1. The van der Waals surface area contributed by atoms with Crippen molar-refractivity contribution in [3.05, 3.63) is 74.4 Å². The zero-order chi connectivity index (χ0) is 19.4. The van der Waals surface area contributed by atoms with Crippen LogP contribution in [0.15, 0.2) is 48.7 Å². The first-order chi connectivity index (χ1) is 12.9. The van der Waals surface area contributed by atoms with Gasteiger partial charge in [0.15, 0.2) is 5.13 Å². The summed E-state index contributed by atoms with van der Waals surface area (Å²) in [5.41, 5.74) is 1.93. The fourth-order valence-electron chi connectivity index (χ4n) is 2.29. The molecular weight excluding hydrogens is 411 g/mol. The second kappa shape index (κ2) is 8.34. The molecule has 0 saturated heterocycles. The predicted octanol–water partition coefficient (Wildman–Crippen LogP) is 5.28. The Morgan fingerprint density at radius 1 is 1.15 bits per heavy atom. The first-order valence-corrected chi connectivity index (χ1v) is 9.20. The second-order valence-corrected chi connectivity index (χ2v) is 7.19. The van der Waals surface area contributed by atoms with Gasteiger partial charge in [0.25, 0.3) is 0 Å². The fourth-order valence-corrected chi connectivity index (χ4v) is 3.43. The fraction of sp³-hybridized carbons (Fsp3) is 0.0588. The highest BCUT2D eigenvalue weighted by Crippen LogP contribution is 2.33. The van der Waals surface area contributed by atoms with Crippen LogP contribution in [0.3, 0.4) is 0 Å². The number of hydrogen-bond acceptors (Lipinski definition) is 6. The molecule has 0 atom stereocenters. The lowest BCUT2D eigenvalue weighted by atomic mass is 10.1. The molecule has 1 aromatic heterocycles. The van der Waals surface area contributed by atoms with Crippen molar-refractivity contribution in [2.24, 2.45) is 0 Å². The number of carbonyl (C=O) groups is 1. The van der Waals surface area contributed by atoms with Gasteiger partial charge in [-0.25, -0.2) is 4.98 Å². The van der Waals surface area contributed by atoms with E-state index >= 15 is 0 Å². The second-order valence-electron chi connectivity index (χ2n) is 5.36. The van der Waals surface area contributed by atoms with Crippen LogP contribution in [0.5, 0.6) is 0 Å². The lowest BCUT2D eigenvalue weighted by Gasteiger charge is -2.14. The predicted molar refractivity (Wildman–Crippen MR) is 107 cm³/mol. The quantitative estimate of drug-likeness (QED) is 0.415. The molecule has 0 fully saturated rings. The minimum absolute atomic E-state index is 0.0403. The highest BCUT2D eigenvalue weighted by Gasteiger charge is 2.15. The van der Waals surface area contributed by atoms with E-state index in [0.29, 0.717) is 27.0 Å². The number of rotatable bonds is 6. The van der Waals surface area contributed by atoms with Gasteiger partial charge in [-0.2, -0.15) is 0 Å². The van der Waals surface area contributed by atoms with Crippen molar-refractivity contribution < 1.29 is 9.72 Å². The Labute approximate surface area is 168 Å². The van der Waals surface area contributed by atoms with E-state index in [1.54, 1.807) is 36.4 Å². The Bertz CT molecular complexity index is 989. The lowest BCUT2D eigenvalue weighted by Crippen LogP contribution is -2.15. The van der Waals surface area contributed by atoms with Crippen molar-refractivity contribution in [3.8, 4) is 0 Å². The van der Waals surface area contributed by atoms with E-state index in [1.165, 1.54) is 0 Å². The molecule has 0 saturated carbocycles. The van der Waals surface area contributed by atoms with Gasteiger partial charge in [0.2, 0.25) is 5.91 Å². The first kappa shape index (κ1) is 19.1. The van der Waals surface area contributed by atoms with E-state index in [1.807, 2.05) is 6.07 Å². The largest absolute Gasteiger partial charge is 0.353 e. The molecule has 10 heteroatoms. The van der Waals surface area contributed by atoms with Crippen molar-refractivity contribution in [3.63, 3.8) is 0 Å². The Morgan fingerprint density at radius 2 is 1.85 bits per heavy atom. The molecule has 1 amide bonds. The van der Waals surface area contributed by atoms with E-state index in [4.69, 9.17) is 23.2 Å². The van der Waals surface area contributed by atoms with Gasteiger partial charge in [-0.3, -0.25) is 14.9 Å². The summed E-state index contributed by atoms with van der Waals surface area (Å²) in [5.74, 6) is -0.348. The summed E-state index contributed by atoms with van der Waals surface area (Å²) in [6.45, 7) is 0. The van der Waals surface area contributed by atoms with Crippen LogP contribution in [0, 0.1) is 10.1 Å². The average Bonchev–Trinajstić information content (AvgIpc) is 3.08. The van der Waals surface area contributed by atoms with E-state index in [0.717, 1.165) is 17.5 Å². The molecule has 0 aliphatic rings. The smallest absolute Gasteiger partial charge is 0.345 e. The summed E-state index contributed by atoms with van der Waals surface area (Å²) in [6, 6.07) is 12.4. The lowest BCUT2D eigenvalue weighted by molar-refractivity contribution is -0.380. The molecule has 3 aromatic rings. The maximum Gasteiger partial charge on any atom is 0.345 e. The van der Waals surface area contributed by atoms with Crippen LogP contribution in [-0.4, -0.2) is 15.8 Å². The number of nitrogens with zero attached hydrogens (tertiary/aromatic N) is 2. The van der Waals surface area contributed by atoms with E-state index in [9.17, 15) is 14.9 Å². The summed E-state index contributed by atoms with van der Waals surface area (Å²) in [7, 11) is 0. The Kier molecular flexibility index (Phi) is 5.90. The molecular formula is C17H12Cl2N4O3S. The van der Waals surface area contributed by atoms with Gasteiger partial charge in [0.05, 0.1) is 27.1 Å². The van der Waals surface area contributed by atoms with Crippen molar-refractivity contribution in [1.29, 1.82) is 0 Å². The van der Waals surface area contributed by atoms with E-state index in [2.05, 4.69) is 15.6 Å². The monoisotopic (exact) mass is 422 g/mol. The number of anilines is 3. The maximum absolute atomic E-state index is 12.3. The SMILES string of the molecule is O=C(Cc1ccccc1Nc1c(Cl)cccc1Cl)Nc1ncc([N+](=O)[O-])s1. The molecule has 0 aliphatic heterocycles. The molecule has 7 nitrogen and oxygen atoms in total. The number of hydrogen-bond donors (Lipinski definition) is 2. The van der Waals surface area contributed by atoms with Gasteiger partial charge in [-0.15, -0.1) is 0 Å². The van der Waals surface area contributed by atoms with Crippen LogP contribution in [0.4, 0.5) is 21.5 Å². The summed E-state index contributed by atoms with van der Waals surface area (Å²) in [5, 5.41) is 17.4. The third-order valence-electron chi connectivity index (χ3n) is 3.51. The number of nitrogens with one attached hydrogen (secondary N) is 2. The van der Waals surface area contributed by atoms with Crippen LogP contribution in [0.25, 0.3) is 0 Å². The maximum atomic E-state index is 12.3. The Morgan fingerprint density at radius 3 is 2.52 bits per heavy atom. The molecule has 0 spiro atoms. The molecule has 138 valence electrons. The summed E-state index contributed by atoms with van der Waals surface area (Å²) in [6.07, 6.45) is 1.15. The highest BCUT2D eigenvalue weighted by atomic mass is 35.5. The molecule has 0 bridgehead atoms. The van der Waals surface area contributed by atoms with Crippen molar-refractivity contribution in [2.75, 3.05) is 10.6 Å². The molecule has 3 rings (SSSR count). The van der Waals surface area contributed by atoms with Crippen LogP contribution in [0.1, 0.15) is 5.56 Å². The number of amides is 1. The molecule has 0 radical (unpaired) electrons. The van der Waals surface area contributed by atoms with Gasteiger partial charge in [-0.05, 0) is 35.1 Å². The van der Waals surface area contributed by atoms with Gasteiger partial charge >= 0.3 is 5.00 Å². The van der Waals surface area contributed by atoms with Gasteiger partial charge in [0.1, 0.15) is 6.20 Å². The summed E-state index contributed by atoms with van der Waals surface area (Å²) >= 11 is 13.2. The zero-order valence-corrected chi connectivity index (χ0v) is 15.9. The number of nitro groups is 1. The first-order valence-electron chi connectivity index (χ1n) is 7.63. The third-order valence-corrected chi connectivity index (χ3v) is 5.00. The van der Waals surface area contributed by atoms with Crippen LogP contribution in [-0.2, 0) is 11.2 Å². The molecule has 27 heavy (non-hydrogen) atoms. The van der Waals surface area contributed by atoms with Gasteiger partial charge < -0.3 is 10.6 Å². The van der Waals surface area contributed by atoms with E-state index < -0.39 is 4.92 Å². The van der Waals surface area contributed by atoms with Crippen LogP contribution < -0.4 is 10.6 Å². The minimum Gasteiger partial charge on any atom is -0.353 e. The summed E-state index contributed by atoms with van der Waals surface area (Å²) in [4.78, 5) is 26.3. The topological polar surface area (TPSA) is 97.2 Å². The normalized spacial score (nSPS) is 10.4. The van der Waals surface area contributed by atoms with E-state index in [-0.39, 0.29) is 22.5 Å². The van der Waals surface area contributed by atoms with Gasteiger partial charge in [0, 0.05) is 5.69 Å². The van der Waals surface area contributed by atoms with Crippen molar-refractivity contribution >= 4 is 62.0 Å². The van der Waals surface area contributed by atoms with Crippen molar-refractivity contribution in [2.45, 2.75) is 6.42 Å². The number of aromatic nitrogens is 1. The van der Waals surface area contributed by atoms with Crippen molar-refractivity contribution in [1.82, 2.24) is 4.98 Å². The average molecular weight is 423 g/mol. The standard InChI is InChI=1S/C17H12Cl2N4O3S/c18-11-5-3-6-12(19)16(11)21-13-7-2-1-4-10(13)8-14(24)22-17-20-9-15(27-17)23(25)26/h1-7,9,21H,8H2,(H,20,22,24). The molecule has 0 aliphatic carbocycles. The summed E-state index contributed by atoms with van der Waals surface area (Å²) < 4.78 is 0.